The molecular weight excluding hydrogens is 551 g/mol. The average molecular weight is 579 g/mol. The van der Waals surface area contributed by atoms with Gasteiger partial charge in [-0.15, -0.1) is 0 Å². The van der Waals surface area contributed by atoms with Gasteiger partial charge in [0.15, 0.2) is 5.69 Å². The molecule has 2 aliphatic rings. The SMILES string of the molecule is O=C(c1cnn([C@H]2CC[C@H](C(=O)O)CC2)c1C(F)(F)F)N(CCc1c(Cl)cncc1Cl)CC1(F)CCCC1. The lowest BCUT2D eigenvalue weighted by atomic mass is 9.86. The van der Waals surface area contributed by atoms with Gasteiger partial charge in [-0.2, -0.15) is 18.3 Å². The first-order valence-corrected chi connectivity index (χ1v) is 13.3. The van der Waals surface area contributed by atoms with Gasteiger partial charge >= 0.3 is 12.1 Å². The zero-order valence-corrected chi connectivity index (χ0v) is 22.0. The molecule has 0 spiro atoms. The Bertz CT molecular complexity index is 1160. The summed E-state index contributed by atoms with van der Waals surface area (Å²) in [6, 6.07) is -0.700. The number of alkyl halides is 4. The molecule has 0 saturated heterocycles. The molecule has 0 atom stereocenters. The molecule has 208 valence electrons. The Hall–Kier alpha value is -2.40. The molecule has 2 aliphatic carbocycles. The number of carbonyl (C=O) groups is 2. The molecule has 0 aliphatic heterocycles. The van der Waals surface area contributed by atoms with Crippen molar-refractivity contribution in [3.63, 3.8) is 0 Å². The monoisotopic (exact) mass is 578 g/mol. The molecule has 4 rings (SSSR count). The maximum absolute atomic E-state index is 15.5. The minimum atomic E-state index is -4.91. The maximum atomic E-state index is 15.5. The summed E-state index contributed by atoms with van der Waals surface area (Å²) in [5.41, 5.74) is -3.11. The second-order valence-corrected chi connectivity index (χ2v) is 10.9. The largest absolute Gasteiger partial charge is 0.481 e. The molecule has 2 aromatic rings. The number of carboxylic acid groups (broad SMARTS) is 1. The van der Waals surface area contributed by atoms with Crippen LogP contribution in [0.25, 0.3) is 0 Å². The third kappa shape index (κ3) is 6.25. The Morgan fingerprint density at radius 3 is 2.24 bits per heavy atom. The molecule has 0 radical (unpaired) electrons. The van der Waals surface area contributed by atoms with Crippen molar-refractivity contribution in [3.8, 4) is 0 Å². The van der Waals surface area contributed by atoms with Crippen molar-refractivity contribution in [1.29, 1.82) is 0 Å². The van der Waals surface area contributed by atoms with Gasteiger partial charge in [-0.05, 0) is 50.5 Å². The van der Waals surface area contributed by atoms with Crippen LogP contribution < -0.4 is 0 Å². The van der Waals surface area contributed by atoms with Gasteiger partial charge in [-0.1, -0.05) is 36.0 Å². The highest BCUT2D eigenvalue weighted by Gasteiger charge is 2.44. The van der Waals surface area contributed by atoms with Gasteiger partial charge in [0.25, 0.3) is 5.91 Å². The number of rotatable bonds is 8. The zero-order valence-electron chi connectivity index (χ0n) is 20.5. The smallest absolute Gasteiger partial charge is 0.433 e. The first-order valence-electron chi connectivity index (χ1n) is 12.5. The van der Waals surface area contributed by atoms with Gasteiger partial charge in [0.2, 0.25) is 0 Å². The Labute approximate surface area is 227 Å². The molecule has 0 bridgehead atoms. The van der Waals surface area contributed by atoms with Crippen LogP contribution in [0.15, 0.2) is 18.6 Å². The van der Waals surface area contributed by atoms with Crippen LogP contribution in [0.2, 0.25) is 10.0 Å². The average Bonchev–Trinajstić information content (AvgIpc) is 3.49. The van der Waals surface area contributed by atoms with Crippen molar-refractivity contribution in [2.24, 2.45) is 5.92 Å². The predicted octanol–water partition coefficient (Wildman–Crippen LogP) is 6.39. The van der Waals surface area contributed by atoms with Crippen molar-refractivity contribution in [2.45, 2.75) is 75.7 Å². The lowest BCUT2D eigenvalue weighted by Gasteiger charge is -2.31. The van der Waals surface area contributed by atoms with Crippen LogP contribution in [0.4, 0.5) is 17.6 Å². The van der Waals surface area contributed by atoms with E-state index in [0.29, 0.717) is 18.4 Å². The van der Waals surface area contributed by atoms with Crippen LogP contribution >= 0.6 is 23.2 Å². The number of halogens is 6. The lowest BCUT2D eigenvalue weighted by Crippen LogP contribution is -2.43. The van der Waals surface area contributed by atoms with E-state index in [0.717, 1.165) is 15.8 Å². The highest BCUT2D eigenvalue weighted by Crippen LogP contribution is 2.40. The number of nitrogens with zero attached hydrogens (tertiary/aromatic N) is 4. The van der Waals surface area contributed by atoms with Crippen molar-refractivity contribution in [2.75, 3.05) is 13.1 Å². The number of hydrogen-bond donors (Lipinski definition) is 1. The highest BCUT2D eigenvalue weighted by atomic mass is 35.5. The van der Waals surface area contributed by atoms with Crippen LogP contribution in [-0.2, 0) is 17.4 Å². The Balaban J connectivity index is 1.64. The van der Waals surface area contributed by atoms with E-state index < -0.39 is 46.9 Å². The summed E-state index contributed by atoms with van der Waals surface area (Å²) in [6.45, 7) is -0.474. The summed E-state index contributed by atoms with van der Waals surface area (Å²) >= 11 is 12.4. The van der Waals surface area contributed by atoms with Gasteiger partial charge in [-0.25, -0.2) is 4.39 Å². The molecule has 1 N–H and O–H groups in total. The summed E-state index contributed by atoms with van der Waals surface area (Å²) < 4.78 is 59.3. The van der Waals surface area contributed by atoms with Crippen molar-refractivity contribution < 1.29 is 32.3 Å². The topological polar surface area (TPSA) is 88.3 Å². The molecule has 2 heterocycles. The number of hydrogen-bond acceptors (Lipinski definition) is 4. The van der Waals surface area contributed by atoms with Gasteiger partial charge in [-0.3, -0.25) is 19.3 Å². The number of pyridine rings is 1. The van der Waals surface area contributed by atoms with Crippen molar-refractivity contribution in [3.05, 3.63) is 45.5 Å². The first-order chi connectivity index (χ1) is 17.9. The molecule has 7 nitrogen and oxygen atoms in total. The molecule has 1 amide bonds. The molecule has 0 unspecified atom stereocenters. The van der Waals surface area contributed by atoms with Gasteiger partial charge in [0.05, 0.1) is 40.3 Å². The fourth-order valence-electron chi connectivity index (χ4n) is 5.50. The lowest BCUT2D eigenvalue weighted by molar-refractivity contribution is -0.147. The summed E-state index contributed by atoms with van der Waals surface area (Å²) in [4.78, 5) is 29.9. The third-order valence-corrected chi connectivity index (χ3v) is 8.18. The Morgan fingerprint density at radius 2 is 1.68 bits per heavy atom. The molecule has 2 fully saturated rings. The molecule has 38 heavy (non-hydrogen) atoms. The fraction of sp³-hybridized carbons (Fsp3) is 0.600. The van der Waals surface area contributed by atoms with E-state index >= 15 is 4.39 Å². The number of aliphatic carboxylic acids is 1. The van der Waals surface area contributed by atoms with Crippen LogP contribution in [-0.4, -0.2) is 55.4 Å². The van der Waals surface area contributed by atoms with Gasteiger partial charge in [0, 0.05) is 18.9 Å². The van der Waals surface area contributed by atoms with Crippen LogP contribution in [0, 0.1) is 5.92 Å². The predicted molar refractivity (Wildman–Crippen MR) is 132 cm³/mol. The van der Waals surface area contributed by atoms with E-state index in [1.54, 1.807) is 0 Å². The minimum absolute atomic E-state index is 0.0939. The van der Waals surface area contributed by atoms with Crippen LogP contribution in [0.3, 0.4) is 0 Å². The quantitative estimate of drug-likeness (QED) is 0.367. The van der Waals surface area contributed by atoms with E-state index in [2.05, 4.69) is 10.1 Å². The zero-order chi connectivity index (χ0) is 27.7. The van der Waals surface area contributed by atoms with Crippen LogP contribution in [0.1, 0.15) is 79.0 Å². The third-order valence-electron chi connectivity index (χ3n) is 7.53. The standard InChI is InChI=1S/C25H28Cl2F4N4O3/c26-19-12-32-13-20(27)17(19)7-10-34(14-24(28)8-1-2-9-24)22(36)18-11-33-35(21(18)25(29,30)31)16-5-3-15(4-6-16)23(37)38/h11-13,15-16H,1-10,14H2,(H,37,38)/t15-,16-. The first kappa shape index (κ1) is 28.6. The van der Waals surface area contributed by atoms with Crippen molar-refractivity contribution >= 4 is 35.1 Å². The highest BCUT2D eigenvalue weighted by molar-refractivity contribution is 6.35. The Morgan fingerprint density at radius 1 is 1.08 bits per heavy atom. The minimum Gasteiger partial charge on any atom is -0.481 e. The van der Waals surface area contributed by atoms with Crippen LogP contribution in [0.5, 0.6) is 0 Å². The summed E-state index contributed by atoms with van der Waals surface area (Å²) in [5, 5.41) is 13.6. The summed E-state index contributed by atoms with van der Waals surface area (Å²) in [5.74, 6) is -2.58. The summed E-state index contributed by atoms with van der Waals surface area (Å²) in [7, 11) is 0. The van der Waals surface area contributed by atoms with E-state index in [-0.39, 0.29) is 68.1 Å². The molecular formula is C25H28Cl2F4N4O3. The molecule has 13 heteroatoms. The van der Waals surface area contributed by atoms with E-state index in [4.69, 9.17) is 23.2 Å². The van der Waals surface area contributed by atoms with E-state index in [1.165, 1.54) is 12.4 Å². The molecule has 2 aromatic heterocycles. The van der Waals surface area contributed by atoms with Crippen molar-refractivity contribution in [1.82, 2.24) is 19.7 Å². The number of carbonyl (C=O) groups excluding carboxylic acids is 1. The van der Waals surface area contributed by atoms with Gasteiger partial charge < -0.3 is 10.0 Å². The van der Waals surface area contributed by atoms with E-state index in [1.807, 2.05) is 0 Å². The Kier molecular flexibility index (Phi) is 8.56. The number of aromatic nitrogens is 3. The summed E-state index contributed by atoms with van der Waals surface area (Å²) in [6.07, 6.45) is 1.29. The number of carboxylic acids is 1. The number of amides is 1. The molecule has 0 aromatic carbocycles. The molecule has 2 saturated carbocycles. The maximum Gasteiger partial charge on any atom is 0.433 e. The van der Waals surface area contributed by atoms with Gasteiger partial charge in [0.1, 0.15) is 5.67 Å². The fourth-order valence-corrected chi connectivity index (χ4v) is 6.05. The second kappa shape index (κ2) is 11.4. The second-order valence-electron chi connectivity index (χ2n) is 10.1. The normalized spacial score (nSPS) is 21.4. The van der Waals surface area contributed by atoms with E-state index in [9.17, 15) is 27.9 Å².